The molecule has 0 unspecified atom stereocenters. The van der Waals surface area contributed by atoms with Crippen LogP contribution in [0.1, 0.15) is 0 Å². The molecule has 0 saturated carbocycles. The van der Waals surface area contributed by atoms with Crippen LogP contribution in [0.5, 0.6) is 0 Å². The van der Waals surface area contributed by atoms with Gasteiger partial charge in [-0.25, -0.2) is 0 Å². The van der Waals surface area contributed by atoms with Crippen LogP contribution < -0.4 is 4.68 Å². The Morgan fingerprint density at radius 1 is 0.667 bits per heavy atom. The average molecular weight is 312 g/mol. The fourth-order valence-corrected chi connectivity index (χ4v) is 2.90. The lowest BCUT2D eigenvalue weighted by Crippen LogP contribution is -2.40. The molecule has 0 bridgehead atoms. The van der Waals surface area contributed by atoms with E-state index in [1.807, 2.05) is 42.3 Å². The highest BCUT2D eigenvalue weighted by molar-refractivity contribution is 5.67. The minimum absolute atomic E-state index is 1.05. The van der Waals surface area contributed by atoms with E-state index in [-0.39, 0.29) is 0 Å². The maximum Gasteiger partial charge on any atom is 0.214 e. The van der Waals surface area contributed by atoms with Crippen molar-refractivity contribution in [3.63, 3.8) is 0 Å². The Hall–Kier alpha value is -3.20. The minimum Gasteiger partial charge on any atom is -0.151 e. The zero-order chi connectivity index (χ0) is 16.4. The van der Waals surface area contributed by atoms with E-state index < -0.39 is 0 Å². The van der Waals surface area contributed by atoms with E-state index in [0.717, 1.165) is 16.9 Å². The van der Waals surface area contributed by atoms with Gasteiger partial charge in [-0.2, -0.15) is 4.68 Å². The minimum atomic E-state index is 1.05. The van der Waals surface area contributed by atoms with Gasteiger partial charge in [-0.1, -0.05) is 60.7 Å². The van der Waals surface area contributed by atoms with E-state index in [0.29, 0.717) is 0 Å². The molecule has 1 heterocycles. The molecule has 0 spiro atoms. The van der Waals surface area contributed by atoms with Gasteiger partial charge in [-0.3, -0.25) is 0 Å². The lowest BCUT2D eigenvalue weighted by molar-refractivity contribution is -0.738. The largest absolute Gasteiger partial charge is 0.214 e. The van der Waals surface area contributed by atoms with Gasteiger partial charge in [0, 0.05) is 10.7 Å². The van der Waals surface area contributed by atoms with Crippen molar-refractivity contribution < 1.29 is 4.68 Å². The summed E-state index contributed by atoms with van der Waals surface area (Å²) in [6.45, 7) is 0. The van der Waals surface area contributed by atoms with Crippen LogP contribution in [0.4, 0.5) is 0 Å². The standard InChI is InChI=1S/C21H18N3/c1-23-21(16-22-24(23)20-10-6-3-7-11-20)19-14-12-18(13-15-19)17-8-4-2-5-9-17/h2-16H,1H3/q+1. The Morgan fingerprint density at radius 2 is 1.21 bits per heavy atom. The van der Waals surface area contributed by atoms with Crippen molar-refractivity contribution in [1.82, 2.24) is 9.90 Å². The molecule has 0 radical (unpaired) electrons. The predicted molar refractivity (Wildman–Crippen MR) is 95.6 cm³/mol. The molecule has 0 atom stereocenters. The van der Waals surface area contributed by atoms with Crippen LogP contribution in [0, 0.1) is 0 Å². The van der Waals surface area contributed by atoms with Crippen molar-refractivity contribution in [3.8, 4) is 28.1 Å². The van der Waals surface area contributed by atoms with E-state index >= 15 is 0 Å². The summed E-state index contributed by atoms with van der Waals surface area (Å²) in [4.78, 5) is 1.90. The number of nitrogens with zero attached hydrogens (tertiary/aromatic N) is 3. The molecule has 0 amide bonds. The molecule has 1 aromatic heterocycles. The van der Waals surface area contributed by atoms with Crippen molar-refractivity contribution in [2.45, 2.75) is 0 Å². The highest BCUT2D eigenvalue weighted by Crippen LogP contribution is 2.23. The second kappa shape index (κ2) is 6.13. The van der Waals surface area contributed by atoms with Crippen LogP contribution in [0.15, 0.2) is 91.1 Å². The van der Waals surface area contributed by atoms with E-state index in [9.17, 15) is 0 Å². The number of benzene rings is 3. The lowest BCUT2D eigenvalue weighted by atomic mass is 10.0. The van der Waals surface area contributed by atoms with Gasteiger partial charge in [-0.15, -0.1) is 0 Å². The first kappa shape index (κ1) is 14.4. The van der Waals surface area contributed by atoms with Gasteiger partial charge in [0.2, 0.25) is 11.9 Å². The molecule has 0 aliphatic heterocycles. The number of aromatic nitrogens is 3. The summed E-state index contributed by atoms with van der Waals surface area (Å²) in [7, 11) is 2.03. The molecule has 4 aromatic rings. The summed E-state index contributed by atoms with van der Waals surface area (Å²) in [5, 5.41) is 4.52. The van der Waals surface area contributed by atoms with Crippen LogP contribution in [0.2, 0.25) is 0 Å². The van der Waals surface area contributed by atoms with Crippen LogP contribution in [0.3, 0.4) is 0 Å². The second-order valence-corrected chi connectivity index (χ2v) is 5.72. The Kier molecular flexibility index (Phi) is 3.67. The number of hydrogen-bond donors (Lipinski definition) is 0. The molecule has 0 saturated heterocycles. The third kappa shape index (κ3) is 2.61. The first-order valence-corrected chi connectivity index (χ1v) is 7.98. The normalized spacial score (nSPS) is 10.7. The van der Waals surface area contributed by atoms with Crippen LogP contribution in [-0.4, -0.2) is 9.90 Å². The molecule has 116 valence electrons. The SMILES string of the molecule is C[n+]1c(-c2ccc(-c3ccccc3)cc2)cnn1-c1ccccc1. The van der Waals surface area contributed by atoms with Crippen molar-refractivity contribution in [2.75, 3.05) is 0 Å². The Morgan fingerprint density at radius 3 is 1.88 bits per heavy atom. The summed E-state index contributed by atoms with van der Waals surface area (Å²) >= 11 is 0. The molecule has 3 aromatic carbocycles. The summed E-state index contributed by atoms with van der Waals surface area (Å²) in [6.07, 6.45) is 1.91. The van der Waals surface area contributed by atoms with Gasteiger partial charge >= 0.3 is 0 Å². The fraction of sp³-hybridized carbons (Fsp3) is 0.0476. The van der Waals surface area contributed by atoms with Gasteiger partial charge in [0.25, 0.3) is 0 Å². The predicted octanol–water partition coefficient (Wildman–Crippen LogP) is 4.03. The van der Waals surface area contributed by atoms with Crippen molar-refractivity contribution in [1.29, 1.82) is 0 Å². The summed E-state index contributed by atoms with van der Waals surface area (Å²) < 4.78 is 2.06. The Labute approximate surface area is 141 Å². The first-order chi connectivity index (χ1) is 11.8. The van der Waals surface area contributed by atoms with E-state index in [2.05, 4.69) is 70.4 Å². The molecular weight excluding hydrogens is 294 g/mol. The third-order valence-electron chi connectivity index (χ3n) is 4.20. The zero-order valence-corrected chi connectivity index (χ0v) is 13.5. The molecular formula is C21H18N3+. The van der Waals surface area contributed by atoms with Gasteiger partial charge in [0.15, 0.2) is 0 Å². The molecule has 4 rings (SSSR count). The first-order valence-electron chi connectivity index (χ1n) is 7.98. The Balaban J connectivity index is 1.69. The second-order valence-electron chi connectivity index (χ2n) is 5.72. The van der Waals surface area contributed by atoms with Gasteiger partial charge in [0.1, 0.15) is 12.7 Å². The molecule has 0 fully saturated rings. The monoisotopic (exact) mass is 312 g/mol. The topological polar surface area (TPSA) is 21.7 Å². The van der Waals surface area contributed by atoms with E-state index in [4.69, 9.17) is 0 Å². The van der Waals surface area contributed by atoms with Crippen LogP contribution in [-0.2, 0) is 7.05 Å². The maximum absolute atomic E-state index is 4.52. The highest BCUT2D eigenvalue weighted by atomic mass is 15.5. The number of hydrogen-bond acceptors (Lipinski definition) is 1. The van der Waals surface area contributed by atoms with Crippen molar-refractivity contribution >= 4 is 0 Å². The van der Waals surface area contributed by atoms with E-state index in [1.165, 1.54) is 11.1 Å². The number of rotatable bonds is 3. The van der Waals surface area contributed by atoms with Gasteiger partial charge in [0.05, 0.1) is 0 Å². The summed E-state index contributed by atoms with van der Waals surface area (Å²) in [6, 6.07) is 29.2. The molecule has 3 nitrogen and oxygen atoms in total. The highest BCUT2D eigenvalue weighted by Gasteiger charge is 2.17. The summed E-state index contributed by atoms with van der Waals surface area (Å²) in [5.41, 5.74) is 5.73. The van der Waals surface area contributed by atoms with Gasteiger partial charge < -0.3 is 0 Å². The maximum atomic E-state index is 4.52. The molecule has 0 aliphatic carbocycles. The van der Waals surface area contributed by atoms with Crippen molar-refractivity contribution in [3.05, 3.63) is 91.1 Å². The quantitative estimate of drug-likeness (QED) is 0.523. The van der Waals surface area contributed by atoms with Crippen LogP contribution >= 0.6 is 0 Å². The molecule has 0 aliphatic rings. The molecule has 3 heteroatoms. The molecule has 0 N–H and O–H groups in total. The Bertz CT molecular complexity index is 940. The van der Waals surface area contributed by atoms with Crippen LogP contribution in [0.25, 0.3) is 28.1 Å². The lowest BCUT2D eigenvalue weighted by Gasteiger charge is -2.03. The van der Waals surface area contributed by atoms with Crippen molar-refractivity contribution in [2.24, 2.45) is 7.05 Å². The van der Waals surface area contributed by atoms with Gasteiger partial charge in [-0.05, 0) is 40.2 Å². The molecule has 24 heavy (non-hydrogen) atoms. The average Bonchev–Trinajstić information content (AvgIpc) is 3.05. The number of para-hydroxylation sites is 1. The fourth-order valence-electron chi connectivity index (χ4n) is 2.90. The van der Waals surface area contributed by atoms with E-state index in [1.54, 1.807) is 0 Å². The third-order valence-corrected chi connectivity index (χ3v) is 4.20. The zero-order valence-electron chi connectivity index (χ0n) is 13.5. The smallest absolute Gasteiger partial charge is 0.151 e. The summed E-state index contributed by atoms with van der Waals surface area (Å²) in [5.74, 6) is 0.